The minimum Gasteiger partial charge on any atom is -0.363 e. The highest BCUT2D eigenvalue weighted by molar-refractivity contribution is 5.41. The zero-order valence-electron chi connectivity index (χ0n) is 12.7. The van der Waals surface area contributed by atoms with Gasteiger partial charge in [-0.15, -0.1) is 0 Å². The molecule has 0 saturated carbocycles. The number of aryl methyl sites for hydroxylation is 2. The number of halogens is 1. The molecule has 0 aliphatic carbocycles. The number of morpholine rings is 1. The van der Waals surface area contributed by atoms with Gasteiger partial charge in [-0.2, -0.15) is 0 Å². The van der Waals surface area contributed by atoms with Gasteiger partial charge in [0.05, 0.1) is 6.61 Å². The van der Waals surface area contributed by atoms with Gasteiger partial charge in [-0.05, 0) is 35.7 Å². The number of hydrogen-bond acceptors (Lipinski definition) is 3. The Morgan fingerprint density at radius 3 is 2.68 bits per heavy atom. The molecule has 1 aromatic carbocycles. The van der Waals surface area contributed by atoms with Crippen LogP contribution in [0.2, 0.25) is 0 Å². The van der Waals surface area contributed by atoms with E-state index in [0.717, 1.165) is 23.2 Å². The maximum absolute atomic E-state index is 13.3. The Labute approximate surface area is 128 Å². The molecule has 1 fully saturated rings. The number of pyridine rings is 1. The smallest absolute Gasteiger partial charge is 0.250 e. The SMILES string of the molecule is Cc1cn(C)c(=O)cc1C1(c2ccc(F)cc2)CNCCO1. The topological polar surface area (TPSA) is 43.3 Å². The van der Waals surface area contributed by atoms with Crippen molar-refractivity contribution in [2.75, 3.05) is 19.7 Å². The van der Waals surface area contributed by atoms with Crippen LogP contribution in [0.5, 0.6) is 0 Å². The molecule has 0 radical (unpaired) electrons. The summed E-state index contributed by atoms with van der Waals surface area (Å²) in [7, 11) is 1.73. The lowest BCUT2D eigenvalue weighted by Crippen LogP contribution is -2.49. The van der Waals surface area contributed by atoms with Crippen molar-refractivity contribution < 1.29 is 9.13 Å². The third-order valence-electron chi connectivity index (χ3n) is 4.17. The van der Waals surface area contributed by atoms with E-state index in [1.807, 2.05) is 6.92 Å². The Morgan fingerprint density at radius 1 is 1.32 bits per heavy atom. The first-order valence-electron chi connectivity index (χ1n) is 7.31. The van der Waals surface area contributed by atoms with Crippen molar-refractivity contribution >= 4 is 0 Å². The maximum atomic E-state index is 13.3. The van der Waals surface area contributed by atoms with E-state index < -0.39 is 5.60 Å². The predicted molar refractivity (Wildman–Crippen MR) is 82.4 cm³/mol. The number of nitrogens with zero attached hydrogens (tertiary/aromatic N) is 1. The summed E-state index contributed by atoms with van der Waals surface area (Å²) in [5.74, 6) is -0.289. The second-order valence-corrected chi connectivity index (χ2v) is 5.68. The molecule has 4 nitrogen and oxygen atoms in total. The number of rotatable bonds is 2. The van der Waals surface area contributed by atoms with Crippen LogP contribution < -0.4 is 10.9 Å². The first-order chi connectivity index (χ1) is 10.5. The molecule has 5 heteroatoms. The van der Waals surface area contributed by atoms with E-state index in [9.17, 15) is 9.18 Å². The fraction of sp³-hybridized carbons (Fsp3) is 0.353. The van der Waals surface area contributed by atoms with Crippen molar-refractivity contribution in [3.63, 3.8) is 0 Å². The van der Waals surface area contributed by atoms with E-state index in [0.29, 0.717) is 13.2 Å². The molecule has 1 aliphatic rings. The largest absolute Gasteiger partial charge is 0.363 e. The molecule has 2 aromatic rings. The van der Waals surface area contributed by atoms with E-state index in [4.69, 9.17) is 4.74 Å². The van der Waals surface area contributed by atoms with E-state index >= 15 is 0 Å². The van der Waals surface area contributed by atoms with Gasteiger partial charge in [-0.1, -0.05) is 12.1 Å². The summed E-state index contributed by atoms with van der Waals surface area (Å²) < 4.78 is 20.9. The zero-order valence-corrected chi connectivity index (χ0v) is 12.7. The third-order valence-corrected chi connectivity index (χ3v) is 4.17. The lowest BCUT2D eigenvalue weighted by atomic mass is 9.83. The Balaban J connectivity index is 2.20. The minimum atomic E-state index is -0.760. The van der Waals surface area contributed by atoms with Gasteiger partial charge in [-0.25, -0.2) is 4.39 Å². The van der Waals surface area contributed by atoms with Crippen LogP contribution in [0.4, 0.5) is 4.39 Å². The molecule has 1 unspecified atom stereocenters. The molecule has 116 valence electrons. The molecule has 3 rings (SSSR count). The second kappa shape index (κ2) is 5.66. The molecule has 0 bridgehead atoms. The van der Waals surface area contributed by atoms with Gasteiger partial charge in [0.25, 0.3) is 5.56 Å². The number of nitrogens with one attached hydrogen (secondary N) is 1. The summed E-state index contributed by atoms with van der Waals surface area (Å²) >= 11 is 0. The number of hydrogen-bond donors (Lipinski definition) is 1. The van der Waals surface area contributed by atoms with Crippen LogP contribution in [0.3, 0.4) is 0 Å². The average Bonchev–Trinajstić information content (AvgIpc) is 2.52. The van der Waals surface area contributed by atoms with E-state index in [-0.39, 0.29) is 11.4 Å². The fourth-order valence-corrected chi connectivity index (χ4v) is 3.04. The van der Waals surface area contributed by atoms with Gasteiger partial charge in [0.15, 0.2) is 0 Å². The number of benzene rings is 1. The zero-order chi connectivity index (χ0) is 15.7. The second-order valence-electron chi connectivity index (χ2n) is 5.68. The van der Waals surface area contributed by atoms with Crippen LogP contribution in [-0.2, 0) is 17.4 Å². The van der Waals surface area contributed by atoms with Gasteiger partial charge in [-0.3, -0.25) is 4.79 Å². The van der Waals surface area contributed by atoms with Crippen LogP contribution in [0, 0.1) is 12.7 Å². The lowest BCUT2D eigenvalue weighted by Gasteiger charge is -2.39. The summed E-state index contributed by atoms with van der Waals surface area (Å²) in [4.78, 5) is 12.1. The molecule has 0 amide bonds. The monoisotopic (exact) mass is 302 g/mol. The van der Waals surface area contributed by atoms with Crippen molar-refractivity contribution in [2.24, 2.45) is 7.05 Å². The van der Waals surface area contributed by atoms with Crippen LogP contribution in [0.1, 0.15) is 16.7 Å². The van der Waals surface area contributed by atoms with Crippen molar-refractivity contribution in [3.05, 3.63) is 69.4 Å². The van der Waals surface area contributed by atoms with Crippen LogP contribution >= 0.6 is 0 Å². The molecule has 1 atom stereocenters. The summed E-state index contributed by atoms with van der Waals surface area (Å²) in [6, 6.07) is 7.90. The normalized spacial score (nSPS) is 21.8. The van der Waals surface area contributed by atoms with Crippen molar-refractivity contribution in [2.45, 2.75) is 12.5 Å². The molecule has 2 heterocycles. The molecule has 1 N–H and O–H groups in total. The Hall–Kier alpha value is -1.98. The van der Waals surface area contributed by atoms with Crippen LogP contribution in [0.15, 0.2) is 41.3 Å². The Kier molecular flexibility index (Phi) is 3.85. The molecule has 22 heavy (non-hydrogen) atoms. The van der Waals surface area contributed by atoms with Crippen molar-refractivity contribution in [1.29, 1.82) is 0 Å². The lowest BCUT2D eigenvalue weighted by molar-refractivity contribution is -0.0409. The van der Waals surface area contributed by atoms with Crippen LogP contribution in [-0.4, -0.2) is 24.3 Å². The molecular formula is C17H19FN2O2. The fourth-order valence-electron chi connectivity index (χ4n) is 3.04. The van der Waals surface area contributed by atoms with Gasteiger partial charge >= 0.3 is 0 Å². The molecule has 1 saturated heterocycles. The predicted octanol–water partition coefficient (Wildman–Crippen LogP) is 1.70. The molecular weight excluding hydrogens is 283 g/mol. The van der Waals surface area contributed by atoms with E-state index in [2.05, 4.69) is 5.32 Å². The molecule has 1 aliphatic heterocycles. The summed E-state index contributed by atoms with van der Waals surface area (Å²) in [6.45, 7) is 3.80. The number of aromatic nitrogens is 1. The van der Waals surface area contributed by atoms with E-state index in [1.54, 1.807) is 36.0 Å². The minimum absolute atomic E-state index is 0.0868. The number of ether oxygens (including phenoxy) is 1. The quantitative estimate of drug-likeness (QED) is 0.918. The first-order valence-corrected chi connectivity index (χ1v) is 7.31. The molecule has 0 spiro atoms. The summed E-state index contributed by atoms with van der Waals surface area (Å²) in [6.07, 6.45) is 1.81. The van der Waals surface area contributed by atoms with Gasteiger partial charge in [0.1, 0.15) is 11.4 Å². The highest BCUT2D eigenvalue weighted by Gasteiger charge is 2.38. The van der Waals surface area contributed by atoms with Gasteiger partial charge in [0.2, 0.25) is 0 Å². The van der Waals surface area contributed by atoms with Crippen LogP contribution in [0.25, 0.3) is 0 Å². The summed E-state index contributed by atoms with van der Waals surface area (Å²) in [5.41, 5.74) is 1.79. The standard InChI is InChI=1S/C17H19FN2O2/c1-12-10-20(2)16(21)9-15(12)17(11-19-7-8-22-17)13-3-5-14(18)6-4-13/h3-6,9-10,19H,7-8,11H2,1-2H3. The summed E-state index contributed by atoms with van der Waals surface area (Å²) in [5, 5.41) is 3.32. The molecule has 1 aromatic heterocycles. The van der Waals surface area contributed by atoms with Gasteiger partial charge < -0.3 is 14.6 Å². The van der Waals surface area contributed by atoms with Crippen molar-refractivity contribution in [3.8, 4) is 0 Å². The van der Waals surface area contributed by atoms with Gasteiger partial charge in [0, 0.05) is 32.4 Å². The average molecular weight is 302 g/mol. The van der Waals surface area contributed by atoms with E-state index in [1.165, 1.54) is 12.1 Å². The first kappa shape index (κ1) is 14.9. The van der Waals surface area contributed by atoms with Crippen molar-refractivity contribution in [1.82, 2.24) is 9.88 Å². The Bertz CT molecular complexity index is 731. The third kappa shape index (κ3) is 2.46. The highest BCUT2D eigenvalue weighted by Crippen LogP contribution is 2.35. The Morgan fingerprint density at radius 2 is 2.05 bits per heavy atom. The highest BCUT2D eigenvalue weighted by atomic mass is 19.1. The maximum Gasteiger partial charge on any atom is 0.250 e.